The number of carbonyl (C=O) groups is 1. The third kappa shape index (κ3) is 7.75. The molecule has 0 fully saturated rings. The maximum atomic E-state index is 10.6. The Bertz CT molecular complexity index is 136. The number of hydrogen-bond donors (Lipinski definition) is 0. The van der Waals surface area contributed by atoms with E-state index >= 15 is 0 Å². The molecule has 0 aromatic carbocycles. The van der Waals surface area contributed by atoms with Crippen molar-refractivity contribution in [3.8, 4) is 0 Å². The van der Waals surface area contributed by atoms with Gasteiger partial charge in [-0.15, -0.1) is 6.58 Å². The predicted molar refractivity (Wildman–Crippen MR) is 50.4 cm³/mol. The minimum absolute atomic E-state index is 0.237. The van der Waals surface area contributed by atoms with Crippen LogP contribution < -0.4 is 0 Å². The van der Waals surface area contributed by atoms with Crippen LogP contribution in [0.25, 0.3) is 0 Å². The zero-order chi connectivity index (χ0) is 9.23. The molecule has 0 rings (SSSR count). The second-order valence-electron chi connectivity index (χ2n) is 2.07. The summed E-state index contributed by atoms with van der Waals surface area (Å²) in [4.78, 5) is 10.6. The van der Waals surface area contributed by atoms with Gasteiger partial charge in [0.1, 0.15) is 5.33 Å². The van der Waals surface area contributed by atoms with E-state index in [0.717, 1.165) is 6.42 Å². The molecule has 0 aromatic heterocycles. The Morgan fingerprint density at radius 2 is 2.25 bits per heavy atom. The third-order valence-corrected chi connectivity index (χ3v) is 1.50. The van der Waals surface area contributed by atoms with E-state index in [-0.39, 0.29) is 11.3 Å². The van der Waals surface area contributed by atoms with Crippen LogP contribution >= 0.6 is 15.9 Å². The van der Waals surface area contributed by atoms with Crippen molar-refractivity contribution in [2.45, 2.75) is 6.42 Å². The monoisotopic (exact) mass is 236 g/mol. The molecular formula is C8H13BrO3. The Kier molecular flexibility index (Phi) is 8.49. The van der Waals surface area contributed by atoms with Gasteiger partial charge in [0.05, 0.1) is 19.8 Å². The first-order valence-electron chi connectivity index (χ1n) is 3.71. The summed E-state index contributed by atoms with van der Waals surface area (Å²) in [5.74, 6) is -0.237. The number of alkyl halides is 1. The second kappa shape index (κ2) is 8.74. The highest BCUT2D eigenvalue weighted by atomic mass is 79.9. The molecule has 0 saturated heterocycles. The summed E-state index contributed by atoms with van der Waals surface area (Å²) in [7, 11) is 0. The summed E-state index contributed by atoms with van der Waals surface area (Å²) in [6, 6.07) is 0. The molecule has 0 saturated carbocycles. The van der Waals surface area contributed by atoms with Crippen molar-refractivity contribution >= 4 is 21.9 Å². The van der Waals surface area contributed by atoms with Crippen molar-refractivity contribution in [2.24, 2.45) is 0 Å². The fourth-order valence-corrected chi connectivity index (χ4v) is 0.714. The number of esters is 1. The van der Waals surface area contributed by atoms with Gasteiger partial charge in [0.2, 0.25) is 0 Å². The Balaban J connectivity index is 3.00. The summed E-state index contributed by atoms with van der Waals surface area (Å²) in [6.07, 6.45) is 2.41. The normalized spacial score (nSPS) is 9.42. The molecule has 70 valence electrons. The fraction of sp³-hybridized carbons (Fsp3) is 0.625. The zero-order valence-corrected chi connectivity index (χ0v) is 8.51. The van der Waals surface area contributed by atoms with E-state index in [1.165, 1.54) is 0 Å². The lowest BCUT2D eigenvalue weighted by Gasteiger charge is -2.02. The molecule has 4 heteroatoms. The molecule has 0 atom stereocenters. The molecule has 3 nitrogen and oxygen atoms in total. The van der Waals surface area contributed by atoms with Crippen LogP contribution in [0.1, 0.15) is 6.42 Å². The predicted octanol–water partition coefficient (Wildman–Crippen LogP) is 1.52. The summed E-state index contributed by atoms with van der Waals surface area (Å²) in [6.45, 7) is 5.07. The lowest BCUT2D eigenvalue weighted by Crippen LogP contribution is -2.08. The number of rotatable bonds is 7. The van der Waals surface area contributed by atoms with Crippen molar-refractivity contribution in [1.82, 2.24) is 0 Å². The maximum Gasteiger partial charge on any atom is 0.316 e. The van der Waals surface area contributed by atoms with E-state index in [0.29, 0.717) is 19.8 Å². The van der Waals surface area contributed by atoms with Crippen LogP contribution in [0.4, 0.5) is 0 Å². The van der Waals surface area contributed by atoms with Crippen LogP contribution in [-0.2, 0) is 14.3 Å². The SMILES string of the molecule is C=CCOCCCOC(=O)CBr. The quantitative estimate of drug-likeness (QED) is 0.291. The molecule has 0 aromatic rings. The first kappa shape index (κ1) is 11.6. The minimum Gasteiger partial charge on any atom is -0.465 e. The Morgan fingerprint density at radius 1 is 1.50 bits per heavy atom. The summed E-state index contributed by atoms with van der Waals surface area (Å²) in [5.41, 5.74) is 0. The van der Waals surface area contributed by atoms with Crippen LogP contribution in [-0.4, -0.2) is 31.1 Å². The van der Waals surface area contributed by atoms with E-state index in [1.54, 1.807) is 6.08 Å². The van der Waals surface area contributed by atoms with E-state index < -0.39 is 0 Å². The first-order valence-corrected chi connectivity index (χ1v) is 4.83. The molecule has 0 aliphatic heterocycles. The third-order valence-electron chi connectivity index (χ3n) is 1.04. The smallest absolute Gasteiger partial charge is 0.316 e. The molecule has 0 unspecified atom stereocenters. The van der Waals surface area contributed by atoms with Crippen LogP contribution in [0.2, 0.25) is 0 Å². The van der Waals surface area contributed by atoms with Gasteiger partial charge in [-0.25, -0.2) is 0 Å². The number of ether oxygens (including phenoxy) is 2. The Hall–Kier alpha value is -0.350. The van der Waals surface area contributed by atoms with Gasteiger partial charge in [-0.1, -0.05) is 22.0 Å². The van der Waals surface area contributed by atoms with Gasteiger partial charge >= 0.3 is 5.97 Å². The van der Waals surface area contributed by atoms with Crippen LogP contribution in [0.5, 0.6) is 0 Å². The molecule has 0 N–H and O–H groups in total. The van der Waals surface area contributed by atoms with Gasteiger partial charge in [0.25, 0.3) is 0 Å². The number of halogens is 1. The second-order valence-corrected chi connectivity index (χ2v) is 2.63. The van der Waals surface area contributed by atoms with Crippen molar-refractivity contribution in [1.29, 1.82) is 0 Å². The van der Waals surface area contributed by atoms with Crippen molar-refractivity contribution in [2.75, 3.05) is 25.2 Å². The Labute approximate surface area is 80.9 Å². The lowest BCUT2D eigenvalue weighted by atomic mass is 10.5. The highest BCUT2D eigenvalue weighted by Crippen LogP contribution is 1.89. The van der Waals surface area contributed by atoms with Gasteiger partial charge in [-0.2, -0.15) is 0 Å². The van der Waals surface area contributed by atoms with E-state index in [2.05, 4.69) is 22.5 Å². The van der Waals surface area contributed by atoms with E-state index in [9.17, 15) is 4.79 Å². The van der Waals surface area contributed by atoms with E-state index in [4.69, 9.17) is 9.47 Å². The molecule has 0 bridgehead atoms. The molecule has 0 amide bonds. The van der Waals surface area contributed by atoms with Gasteiger partial charge in [0, 0.05) is 6.42 Å². The summed E-state index contributed by atoms with van der Waals surface area (Å²) >= 11 is 2.99. The number of carbonyl (C=O) groups excluding carboxylic acids is 1. The average Bonchev–Trinajstić information content (AvgIpc) is 2.10. The van der Waals surface area contributed by atoms with Crippen LogP contribution in [0, 0.1) is 0 Å². The minimum atomic E-state index is -0.237. The molecule has 12 heavy (non-hydrogen) atoms. The van der Waals surface area contributed by atoms with E-state index in [1.807, 2.05) is 0 Å². The van der Waals surface area contributed by atoms with Gasteiger partial charge in [0.15, 0.2) is 0 Å². The topological polar surface area (TPSA) is 35.5 Å². The lowest BCUT2D eigenvalue weighted by molar-refractivity contribution is -0.140. The zero-order valence-electron chi connectivity index (χ0n) is 6.92. The molecule has 0 heterocycles. The van der Waals surface area contributed by atoms with Crippen molar-refractivity contribution in [3.05, 3.63) is 12.7 Å². The van der Waals surface area contributed by atoms with Crippen molar-refractivity contribution < 1.29 is 14.3 Å². The first-order chi connectivity index (χ1) is 5.81. The summed E-state index contributed by atoms with van der Waals surface area (Å²) < 4.78 is 9.86. The highest BCUT2D eigenvalue weighted by molar-refractivity contribution is 9.09. The largest absolute Gasteiger partial charge is 0.465 e. The standard InChI is InChI=1S/C8H13BrO3/c1-2-4-11-5-3-6-12-8(10)7-9/h2H,1,3-7H2. The van der Waals surface area contributed by atoms with Gasteiger partial charge in [-0.3, -0.25) is 4.79 Å². The van der Waals surface area contributed by atoms with Crippen LogP contribution in [0.15, 0.2) is 12.7 Å². The number of hydrogen-bond acceptors (Lipinski definition) is 3. The highest BCUT2D eigenvalue weighted by Gasteiger charge is 1.97. The fourth-order valence-electron chi connectivity index (χ4n) is 0.552. The average molecular weight is 237 g/mol. The Morgan fingerprint density at radius 3 is 2.83 bits per heavy atom. The molecular weight excluding hydrogens is 224 g/mol. The van der Waals surface area contributed by atoms with Gasteiger partial charge in [-0.05, 0) is 0 Å². The maximum absolute atomic E-state index is 10.6. The molecule has 0 spiro atoms. The summed E-state index contributed by atoms with van der Waals surface area (Å²) in [5, 5.41) is 0.251. The van der Waals surface area contributed by atoms with Gasteiger partial charge < -0.3 is 9.47 Å². The van der Waals surface area contributed by atoms with Crippen LogP contribution in [0.3, 0.4) is 0 Å². The molecule has 0 aliphatic carbocycles. The molecule has 0 aliphatic rings. The molecule has 0 radical (unpaired) electrons. The van der Waals surface area contributed by atoms with Crippen molar-refractivity contribution in [3.63, 3.8) is 0 Å².